The molecule has 1 aromatic carbocycles. The van der Waals surface area contributed by atoms with E-state index >= 15 is 0 Å². The molecule has 2 aliphatic heterocycles. The van der Waals surface area contributed by atoms with E-state index in [0.29, 0.717) is 13.1 Å². The molecule has 2 aliphatic rings. The van der Waals surface area contributed by atoms with Crippen molar-refractivity contribution in [3.63, 3.8) is 0 Å². The summed E-state index contributed by atoms with van der Waals surface area (Å²) in [4.78, 5) is 29.2. The van der Waals surface area contributed by atoms with Gasteiger partial charge in [-0.05, 0) is 44.4 Å². The molecule has 2 fully saturated rings. The van der Waals surface area contributed by atoms with Crippen LogP contribution in [0, 0.1) is 12.8 Å². The maximum Gasteiger partial charge on any atom is 0.321 e. The van der Waals surface area contributed by atoms with Gasteiger partial charge in [0, 0.05) is 44.5 Å². The van der Waals surface area contributed by atoms with Gasteiger partial charge in [-0.15, -0.1) is 0 Å². The van der Waals surface area contributed by atoms with E-state index in [0.717, 1.165) is 43.7 Å². The number of carbonyl (C=O) groups is 2. The molecule has 0 saturated carbocycles. The van der Waals surface area contributed by atoms with E-state index in [9.17, 15) is 9.59 Å². The topological polar surface area (TPSA) is 64.7 Å². The number of aryl methyl sites for hydroxylation is 1. The maximum atomic E-state index is 12.9. The third-order valence-corrected chi connectivity index (χ3v) is 5.11. The van der Waals surface area contributed by atoms with Crippen LogP contribution in [0.5, 0.6) is 0 Å². The molecule has 136 valence electrons. The summed E-state index contributed by atoms with van der Waals surface area (Å²) < 4.78 is 0. The van der Waals surface area contributed by atoms with Gasteiger partial charge >= 0.3 is 6.03 Å². The first-order chi connectivity index (χ1) is 12.0. The van der Waals surface area contributed by atoms with Crippen molar-refractivity contribution < 1.29 is 9.59 Å². The van der Waals surface area contributed by atoms with Crippen LogP contribution in [0.15, 0.2) is 24.3 Å². The third-order valence-electron chi connectivity index (χ3n) is 5.11. The predicted molar refractivity (Wildman–Crippen MR) is 98.5 cm³/mol. The van der Waals surface area contributed by atoms with Gasteiger partial charge < -0.3 is 20.4 Å². The third kappa shape index (κ3) is 4.31. The highest BCUT2D eigenvalue weighted by molar-refractivity contribution is 5.90. The standard InChI is InChI=1S/C19H28N4O2/c1-14-5-3-7-17(11-14)21-19(25)22-9-4-6-16(13-22)18(24)23-10-8-20-12-15(23)2/h3,5,7,11,15-16,20H,4,6,8-10,12-13H2,1-2H3,(H,21,25)/t15-,16?/m1/s1. The molecule has 0 aliphatic carbocycles. The highest BCUT2D eigenvalue weighted by Gasteiger charge is 2.33. The number of anilines is 1. The van der Waals surface area contributed by atoms with Crippen LogP contribution in [0.4, 0.5) is 10.5 Å². The van der Waals surface area contributed by atoms with Crippen LogP contribution in [0.2, 0.25) is 0 Å². The van der Waals surface area contributed by atoms with Gasteiger partial charge in [-0.1, -0.05) is 12.1 Å². The van der Waals surface area contributed by atoms with Crippen LogP contribution in [0.25, 0.3) is 0 Å². The Labute approximate surface area is 149 Å². The molecular weight excluding hydrogens is 316 g/mol. The SMILES string of the molecule is Cc1cccc(NC(=O)N2CCCC(C(=O)N3CCNC[C@H]3C)C2)c1. The first kappa shape index (κ1) is 17.7. The number of likely N-dealkylation sites (tertiary alicyclic amines) is 1. The Morgan fingerprint density at radius 1 is 1.28 bits per heavy atom. The lowest BCUT2D eigenvalue weighted by Crippen LogP contribution is -2.56. The molecule has 0 spiro atoms. The Balaban J connectivity index is 1.60. The summed E-state index contributed by atoms with van der Waals surface area (Å²) in [5, 5.41) is 6.27. The zero-order valence-electron chi connectivity index (χ0n) is 15.1. The summed E-state index contributed by atoms with van der Waals surface area (Å²) in [6, 6.07) is 7.88. The Morgan fingerprint density at radius 2 is 2.12 bits per heavy atom. The molecule has 2 atom stereocenters. The molecule has 0 radical (unpaired) electrons. The van der Waals surface area contributed by atoms with Gasteiger partial charge in [0.15, 0.2) is 0 Å². The number of nitrogens with one attached hydrogen (secondary N) is 2. The van der Waals surface area contributed by atoms with Gasteiger partial charge in [0.25, 0.3) is 0 Å². The lowest BCUT2D eigenvalue weighted by Gasteiger charge is -2.39. The molecule has 6 nitrogen and oxygen atoms in total. The van der Waals surface area contributed by atoms with Crippen LogP contribution >= 0.6 is 0 Å². The quantitative estimate of drug-likeness (QED) is 0.863. The minimum absolute atomic E-state index is 0.0856. The van der Waals surface area contributed by atoms with E-state index in [1.54, 1.807) is 4.90 Å². The summed E-state index contributed by atoms with van der Waals surface area (Å²) >= 11 is 0. The average molecular weight is 344 g/mol. The largest absolute Gasteiger partial charge is 0.337 e. The van der Waals surface area contributed by atoms with Crippen LogP contribution < -0.4 is 10.6 Å². The van der Waals surface area contributed by atoms with Crippen molar-refractivity contribution in [1.82, 2.24) is 15.1 Å². The number of carbonyl (C=O) groups excluding carboxylic acids is 2. The fourth-order valence-electron chi connectivity index (χ4n) is 3.69. The molecule has 2 heterocycles. The monoisotopic (exact) mass is 344 g/mol. The van der Waals surface area contributed by atoms with Gasteiger partial charge in [-0.25, -0.2) is 4.79 Å². The molecule has 25 heavy (non-hydrogen) atoms. The maximum absolute atomic E-state index is 12.9. The Bertz CT molecular complexity index is 634. The minimum atomic E-state index is -0.114. The van der Waals surface area contributed by atoms with E-state index < -0.39 is 0 Å². The van der Waals surface area contributed by atoms with Gasteiger partial charge in [0.1, 0.15) is 0 Å². The zero-order valence-corrected chi connectivity index (χ0v) is 15.1. The Kier molecular flexibility index (Phi) is 5.58. The average Bonchev–Trinajstić information content (AvgIpc) is 2.62. The van der Waals surface area contributed by atoms with Gasteiger partial charge in [0.2, 0.25) is 5.91 Å². The number of urea groups is 1. The zero-order chi connectivity index (χ0) is 17.8. The van der Waals surface area contributed by atoms with Gasteiger partial charge in [0.05, 0.1) is 5.92 Å². The molecule has 1 aromatic rings. The number of piperazine rings is 1. The normalized spacial score (nSPS) is 24.1. The second-order valence-electron chi connectivity index (χ2n) is 7.17. The highest BCUT2D eigenvalue weighted by atomic mass is 16.2. The molecule has 1 unspecified atom stereocenters. The Hall–Kier alpha value is -2.08. The second-order valence-corrected chi connectivity index (χ2v) is 7.17. The number of nitrogens with zero attached hydrogens (tertiary/aromatic N) is 2. The fraction of sp³-hybridized carbons (Fsp3) is 0.579. The Morgan fingerprint density at radius 3 is 2.88 bits per heavy atom. The summed E-state index contributed by atoms with van der Waals surface area (Å²) in [6.45, 7) is 7.74. The molecular formula is C19H28N4O2. The van der Waals surface area contributed by atoms with Crippen molar-refractivity contribution in [2.75, 3.05) is 38.0 Å². The molecule has 0 bridgehead atoms. The first-order valence-corrected chi connectivity index (χ1v) is 9.18. The van der Waals surface area contributed by atoms with E-state index in [-0.39, 0.29) is 23.9 Å². The molecule has 2 N–H and O–H groups in total. The van der Waals surface area contributed by atoms with Crippen molar-refractivity contribution in [1.29, 1.82) is 0 Å². The smallest absolute Gasteiger partial charge is 0.321 e. The van der Waals surface area contributed by atoms with E-state index in [4.69, 9.17) is 0 Å². The van der Waals surface area contributed by atoms with Gasteiger partial charge in [-0.2, -0.15) is 0 Å². The van der Waals surface area contributed by atoms with Crippen LogP contribution in [-0.2, 0) is 4.79 Å². The number of amides is 3. The molecule has 3 rings (SSSR count). The predicted octanol–water partition coefficient (Wildman–Crippen LogP) is 2.06. The van der Waals surface area contributed by atoms with Crippen molar-refractivity contribution in [3.05, 3.63) is 29.8 Å². The molecule has 3 amide bonds. The van der Waals surface area contributed by atoms with E-state index in [2.05, 4.69) is 17.6 Å². The fourth-order valence-corrected chi connectivity index (χ4v) is 3.69. The molecule has 6 heteroatoms. The van der Waals surface area contributed by atoms with Crippen molar-refractivity contribution in [2.45, 2.75) is 32.7 Å². The lowest BCUT2D eigenvalue weighted by atomic mass is 9.95. The molecule has 2 saturated heterocycles. The van der Waals surface area contributed by atoms with Crippen LogP contribution in [0.3, 0.4) is 0 Å². The number of hydrogen-bond donors (Lipinski definition) is 2. The second kappa shape index (κ2) is 7.87. The summed E-state index contributed by atoms with van der Waals surface area (Å²) in [5.41, 5.74) is 1.91. The number of piperidine rings is 1. The van der Waals surface area contributed by atoms with Crippen LogP contribution in [-0.4, -0.2) is 60.5 Å². The van der Waals surface area contributed by atoms with Crippen molar-refractivity contribution >= 4 is 17.6 Å². The van der Waals surface area contributed by atoms with E-state index in [1.165, 1.54) is 0 Å². The number of rotatable bonds is 2. The highest BCUT2D eigenvalue weighted by Crippen LogP contribution is 2.21. The number of hydrogen-bond acceptors (Lipinski definition) is 3. The lowest BCUT2D eigenvalue weighted by molar-refractivity contribution is -0.139. The minimum Gasteiger partial charge on any atom is -0.337 e. The summed E-state index contributed by atoms with van der Waals surface area (Å²) in [5.74, 6) is 0.111. The first-order valence-electron chi connectivity index (χ1n) is 9.18. The van der Waals surface area contributed by atoms with Crippen molar-refractivity contribution in [3.8, 4) is 0 Å². The van der Waals surface area contributed by atoms with Crippen LogP contribution in [0.1, 0.15) is 25.3 Å². The summed E-state index contributed by atoms with van der Waals surface area (Å²) in [7, 11) is 0. The molecule has 0 aromatic heterocycles. The van der Waals surface area contributed by atoms with E-state index in [1.807, 2.05) is 36.1 Å². The van der Waals surface area contributed by atoms with Crippen molar-refractivity contribution in [2.24, 2.45) is 5.92 Å². The van der Waals surface area contributed by atoms with Gasteiger partial charge in [-0.3, -0.25) is 4.79 Å². The number of benzene rings is 1. The summed E-state index contributed by atoms with van der Waals surface area (Å²) in [6.07, 6.45) is 1.74.